The van der Waals surface area contributed by atoms with Crippen LogP contribution in [0.4, 0.5) is 5.95 Å². The standard InChI is InChI=1S/C7H12N4OS/c1-4-13(12)11-7-8-5(2)6(3)9-10-7/h4H2,1-3H3,(H,8,10,11). The minimum absolute atomic E-state index is 0.322. The van der Waals surface area contributed by atoms with Crippen molar-refractivity contribution in [3.8, 4) is 0 Å². The summed E-state index contributed by atoms with van der Waals surface area (Å²) in [6, 6.07) is 0. The molecule has 0 spiro atoms. The van der Waals surface area contributed by atoms with Gasteiger partial charge in [0.2, 0.25) is 0 Å². The lowest BCUT2D eigenvalue weighted by atomic mass is 10.4. The number of anilines is 1. The van der Waals surface area contributed by atoms with E-state index in [1.807, 2.05) is 20.8 Å². The molecule has 0 fully saturated rings. The van der Waals surface area contributed by atoms with E-state index in [0.29, 0.717) is 11.7 Å². The molecule has 0 amide bonds. The highest BCUT2D eigenvalue weighted by Gasteiger charge is 2.02. The van der Waals surface area contributed by atoms with E-state index in [2.05, 4.69) is 19.9 Å². The highest BCUT2D eigenvalue weighted by atomic mass is 32.2. The molecule has 1 aromatic rings. The minimum Gasteiger partial charge on any atom is -0.272 e. The van der Waals surface area contributed by atoms with Gasteiger partial charge in [-0.05, 0) is 13.8 Å². The molecule has 1 N–H and O–H groups in total. The Bertz CT molecular complexity index is 328. The van der Waals surface area contributed by atoms with Crippen LogP contribution in [-0.2, 0) is 11.0 Å². The summed E-state index contributed by atoms with van der Waals surface area (Å²) < 4.78 is 13.7. The Morgan fingerprint density at radius 1 is 1.31 bits per heavy atom. The van der Waals surface area contributed by atoms with Crippen molar-refractivity contribution >= 4 is 16.9 Å². The molecule has 0 radical (unpaired) electrons. The molecule has 72 valence electrons. The van der Waals surface area contributed by atoms with Gasteiger partial charge in [-0.25, -0.2) is 9.19 Å². The smallest absolute Gasteiger partial charge is 0.254 e. The topological polar surface area (TPSA) is 67.8 Å². The van der Waals surface area contributed by atoms with E-state index in [9.17, 15) is 4.21 Å². The van der Waals surface area contributed by atoms with Crippen LogP contribution in [0.15, 0.2) is 0 Å². The molecule has 0 aliphatic rings. The predicted molar refractivity (Wildman–Crippen MR) is 51.6 cm³/mol. The Kier molecular flexibility index (Phi) is 3.30. The third kappa shape index (κ3) is 2.73. The Morgan fingerprint density at radius 3 is 2.54 bits per heavy atom. The first-order chi connectivity index (χ1) is 6.13. The van der Waals surface area contributed by atoms with Crippen LogP contribution < -0.4 is 4.72 Å². The largest absolute Gasteiger partial charge is 0.272 e. The van der Waals surface area contributed by atoms with Crippen molar-refractivity contribution in [2.24, 2.45) is 0 Å². The fraction of sp³-hybridized carbons (Fsp3) is 0.571. The second-order valence-corrected chi connectivity index (χ2v) is 4.02. The van der Waals surface area contributed by atoms with Gasteiger partial charge in [-0.2, -0.15) is 5.10 Å². The molecule has 0 aliphatic carbocycles. The molecule has 0 saturated heterocycles. The first-order valence-electron chi connectivity index (χ1n) is 3.96. The average molecular weight is 200 g/mol. The van der Waals surface area contributed by atoms with Gasteiger partial charge in [0.25, 0.3) is 5.95 Å². The monoisotopic (exact) mass is 200 g/mol. The Balaban J connectivity index is 2.79. The van der Waals surface area contributed by atoms with Gasteiger partial charge in [0.05, 0.1) is 11.4 Å². The summed E-state index contributed by atoms with van der Waals surface area (Å²) >= 11 is 0. The van der Waals surface area contributed by atoms with Crippen molar-refractivity contribution in [1.29, 1.82) is 0 Å². The third-order valence-electron chi connectivity index (χ3n) is 1.56. The molecule has 1 aromatic heterocycles. The summed E-state index contributed by atoms with van der Waals surface area (Å²) in [4.78, 5) is 4.08. The van der Waals surface area contributed by atoms with E-state index in [0.717, 1.165) is 11.4 Å². The number of hydrogen-bond acceptors (Lipinski definition) is 4. The molecule has 13 heavy (non-hydrogen) atoms. The molecule has 5 nitrogen and oxygen atoms in total. The zero-order chi connectivity index (χ0) is 9.84. The third-order valence-corrected chi connectivity index (χ3v) is 2.49. The van der Waals surface area contributed by atoms with E-state index < -0.39 is 11.0 Å². The maximum Gasteiger partial charge on any atom is 0.254 e. The number of aryl methyl sites for hydroxylation is 2. The van der Waals surface area contributed by atoms with E-state index in [1.54, 1.807) is 0 Å². The van der Waals surface area contributed by atoms with Gasteiger partial charge >= 0.3 is 0 Å². The minimum atomic E-state index is -1.11. The molecular weight excluding hydrogens is 188 g/mol. The maximum absolute atomic E-state index is 11.1. The lowest BCUT2D eigenvalue weighted by molar-refractivity contribution is 0.686. The second kappa shape index (κ2) is 4.27. The van der Waals surface area contributed by atoms with Crippen LogP contribution in [0.2, 0.25) is 0 Å². The van der Waals surface area contributed by atoms with Crippen LogP contribution in [0.3, 0.4) is 0 Å². The van der Waals surface area contributed by atoms with E-state index in [4.69, 9.17) is 0 Å². The van der Waals surface area contributed by atoms with Crippen molar-refractivity contribution in [2.75, 3.05) is 10.5 Å². The molecule has 0 bridgehead atoms. The molecule has 0 aromatic carbocycles. The summed E-state index contributed by atoms with van der Waals surface area (Å²) in [5, 5.41) is 7.62. The highest BCUT2D eigenvalue weighted by molar-refractivity contribution is 7.86. The number of hydrogen-bond donors (Lipinski definition) is 1. The summed E-state index contributed by atoms with van der Waals surface area (Å²) in [5.74, 6) is 0.847. The number of nitrogens with one attached hydrogen (secondary N) is 1. The van der Waals surface area contributed by atoms with E-state index in [-0.39, 0.29) is 0 Å². The van der Waals surface area contributed by atoms with Crippen molar-refractivity contribution in [3.63, 3.8) is 0 Å². The average Bonchev–Trinajstić information content (AvgIpc) is 2.11. The van der Waals surface area contributed by atoms with Crippen LogP contribution in [0.1, 0.15) is 18.3 Å². The van der Waals surface area contributed by atoms with Crippen LogP contribution >= 0.6 is 0 Å². The first kappa shape index (κ1) is 10.0. The number of rotatable bonds is 3. The van der Waals surface area contributed by atoms with Gasteiger partial charge in [0, 0.05) is 5.75 Å². The zero-order valence-corrected chi connectivity index (χ0v) is 8.68. The summed E-state index contributed by atoms with van der Waals surface area (Å²) in [7, 11) is -1.11. The number of aromatic nitrogens is 3. The molecule has 0 saturated carbocycles. The Hall–Kier alpha value is -1.04. The lowest BCUT2D eigenvalue weighted by Gasteiger charge is -2.02. The second-order valence-electron chi connectivity index (χ2n) is 2.54. The summed E-state index contributed by atoms with van der Waals surface area (Å²) in [6.45, 7) is 5.48. The van der Waals surface area contributed by atoms with Crippen molar-refractivity contribution < 1.29 is 4.21 Å². The van der Waals surface area contributed by atoms with Crippen molar-refractivity contribution in [2.45, 2.75) is 20.8 Å². The lowest BCUT2D eigenvalue weighted by Crippen LogP contribution is -2.11. The zero-order valence-electron chi connectivity index (χ0n) is 7.87. The molecule has 1 atom stereocenters. The van der Waals surface area contributed by atoms with Crippen LogP contribution in [-0.4, -0.2) is 25.1 Å². The van der Waals surface area contributed by atoms with Crippen molar-refractivity contribution in [3.05, 3.63) is 11.4 Å². The van der Waals surface area contributed by atoms with Crippen molar-refractivity contribution in [1.82, 2.24) is 15.2 Å². The van der Waals surface area contributed by atoms with Crippen LogP contribution in [0, 0.1) is 13.8 Å². The quantitative estimate of drug-likeness (QED) is 0.775. The molecule has 1 unspecified atom stereocenters. The van der Waals surface area contributed by atoms with Gasteiger partial charge in [-0.3, -0.25) is 4.72 Å². The van der Waals surface area contributed by atoms with Crippen LogP contribution in [0.5, 0.6) is 0 Å². The van der Waals surface area contributed by atoms with E-state index in [1.165, 1.54) is 0 Å². The molecule has 0 aliphatic heterocycles. The summed E-state index contributed by atoms with van der Waals surface area (Å²) in [5.41, 5.74) is 1.58. The maximum atomic E-state index is 11.1. The predicted octanol–water partition coefficient (Wildman–Crippen LogP) is 0.584. The van der Waals surface area contributed by atoms with Crippen LogP contribution in [0.25, 0.3) is 0 Å². The molecule has 1 heterocycles. The number of nitrogens with zero attached hydrogens (tertiary/aromatic N) is 3. The summed E-state index contributed by atoms with van der Waals surface area (Å²) in [6.07, 6.45) is 0. The Labute approximate surface area is 79.6 Å². The molecule has 1 rings (SSSR count). The molecular formula is C7H12N4OS. The van der Waals surface area contributed by atoms with Gasteiger partial charge in [0.1, 0.15) is 11.0 Å². The SMILES string of the molecule is CCS(=O)Nc1nnc(C)c(C)n1. The normalized spacial score (nSPS) is 12.5. The molecule has 6 heteroatoms. The van der Waals surface area contributed by atoms with Gasteiger partial charge in [-0.1, -0.05) is 6.92 Å². The van der Waals surface area contributed by atoms with Gasteiger partial charge in [-0.15, -0.1) is 5.10 Å². The van der Waals surface area contributed by atoms with E-state index >= 15 is 0 Å². The fourth-order valence-corrected chi connectivity index (χ4v) is 1.11. The van der Waals surface area contributed by atoms with Gasteiger partial charge < -0.3 is 0 Å². The highest BCUT2D eigenvalue weighted by Crippen LogP contribution is 2.02. The van der Waals surface area contributed by atoms with Gasteiger partial charge in [0.15, 0.2) is 0 Å². The first-order valence-corrected chi connectivity index (χ1v) is 5.28. The Morgan fingerprint density at radius 2 is 2.00 bits per heavy atom. The fourth-order valence-electron chi connectivity index (χ4n) is 0.674.